The minimum Gasteiger partial charge on any atom is -0.496 e. The lowest BCUT2D eigenvalue weighted by atomic mass is 9.45. The molecule has 0 unspecified atom stereocenters. The van der Waals surface area contributed by atoms with Crippen molar-refractivity contribution in [2.45, 2.75) is 97.7 Å². The summed E-state index contributed by atoms with van der Waals surface area (Å²) in [5, 5.41) is 29.4. The van der Waals surface area contributed by atoms with Gasteiger partial charge in [0.2, 0.25) is 5.91 Å². The fourth-order valence-corrected chi connectivity index (χ4v) is 9.34. The van der Waals surface area contributed by atoms with Gasteiger partial charge in [0.05, 0.1) is 26.4 Å². The van der Waals surface area contributed by atoms with Crippen molar-refractivity contribution < 1.29 is 29.4 Å². The summed E-state index contributed by atoms with van der Waals surface area (Å²) in [6, 6.07) is 10.7. The number of benzene rings is 2. The molecule has 0 spiro atoms. The minimum absolute atomic E-state index is 0.00567. The molecule has 4 aliphatic rings. The number of amides is 2. The van der Waals surface area contributed by atoms with Gasteiger partial charge in [-0.3, -0.25) is 14.4 Å². The van der Waals surface area contributed by atoms with Crippen molar-refractivity contribution in [2.75, 3.05) is 34.4 Å². The van der Waals surface area contributed by atoms with E-state index in [2.05, 4.69) is 56.7 Å². The van der Waals surface area contributed by atoms with Gasteiger partial charge < -0.3 is 30.5 Å². The molecule has 10 nitrogen and oxygen atoms in total. The van der Waals surface area contributed by atoms with Crippen molar-refractivity contribution in [3.8, 4) is 16.9 Å². The lowest BCUT2D eigenvalue weighted by molar-refractivity contribution is -0.183. The standard InChI is InChI=1S/C42H62N4O6/c1-11-27-16-29(18-30(17-27)40(49)43-32(15-24(2)3)22-45(8)9)33-14-12-13-28(39(33)51-10)21-46-38(37(26(5)48)36(23-47)52-46)41(50)44-35-20-31-19-34(25(35)4)42(31,6)7/h11-14,16-18,24-26,31-32,34-38,47-48H,1,15,19-23H2,2-10H3,(H,43,49)(H,44,50)/t25-,26-,31+,32-,34-,35-,36-,37+,38-/m0/s1. The van der Waals surface area contributed by atoms with Crippen molar-refractivity contribution in [1.82, 2.24) is 20.6 Å². The van der Waals surface area contributed by atoms with Crippen LogP contribution >= 0.6 is 0 Å². The van der Waals surface area contributed by atoms with E-state index in [1.54, 1.807) is 25.2 Å². The molecule has 1 saturated heterocycles. The molecule has 2 bridgehead atoms. The molecule has 2 amide bonds. The Bertz CT molecular complexity index is 1580. The van der Waals surface area contributed by atoms with Gasteiger partial charge in [-0.05, 0) is 98.7 Å². The van der Waals surface area contributed by atoms with E-state index in [-0.39, 0.29) is 42.5 Å². The maximum Gasteiger partial charge on any atom is 0.251 e. The van der Waals surface area contributed by atoms with Gasteiger partial charge in [0, 0.05) is 41.2 Å². The highest BCUT2D eigenvalue weighted by molar-refractivity contribution is 5.97. The summed E-state index contributed by atoms with van der Waals surface area (Å²) in [7, 11) is 5.61. The Hall–Kier alpha value is -3.28. The molecule has 6 rings (SSSR count). The molecule has 10 heteroatoms. The first kappa shape index (κ1) is 39.9. The Morgan fingerprint density at radius 3 is 2.48 bits per heavy atom. The fraction of sp³-hybridized carbons (Fsp3) is 0.619. The summed E-state index contributed by atoms with van der Waals surface area (Å²) in [6.45, 7) is 17.4. The molecule has 52 heavy (non-hydrogen) atoms. The number of nitrogens with one attached hydrogen (secondary N) is 2. The van der Waals surface area contributed by atoms with E-state index in [0.717, 1.165) is 41.6 Å². The van der Waals surface area contributed by atoms with Crippen LogP contribution in [0.4, 0.5) is 0 Å². The first-order chi connectivity index (χ1) is 24.6. The number of aliphatic hydroxyl groups is 2. The zero-order chi connectivity index (χ0) is 38.1. The van der Waals surface area contributed by atoms with Gasteiger partial charge in [0.25, 0.3) is 5.91 Å². The van der Waals surface area contributed by atoms with Gasteiger partial charge in [0.15, 0.2) is 0 Å². The summed E-state index contributed by atoms with van der Waals surface area (Å²) < 4.78 is 6.05. The van der Waals surface area contributed by atoms with Crippen molar-refractivity contribution in [3.05, 3.63) is 59.7 Å². The van der Waals surface area contributed by atoms with Crippen LogP contribution in [0.25, 0.3) is 17.2 Å². The monoisotopic (exact) mass is 718 g/mol. The number of carbonyl (C=O) groups is 2. The van der Waals surface area contributed by atoms with Gasteiger partial charge in [-0.1, -0.05) is 65.5 Å². The van der Waals surface area contributed by atoms with Crippen molar-refractivity contribution >= 4 is 17.9 Å². The molecule has 0 aromatic heterocycles. The topological polar surface area (TPSA) is 124 Å². The molecule has 3 aliphatic carbocycles. The van der Waals surface area contributed by atoms with Gasteiger partial charge in [-0.15, -0.1) is 0 Å². The maximum absolute atomic E-state index is 14.2. The summed E-state index contributed by atoms with van der Waals surface area (Å²) in [4.78, 5) is 36.3. The molecule has 1 aliphatic heterocycles. The van der Waals surface area contributed by atoms with Crippen LogP contribution < -0.4 is 15.4 Å². The van der Waals surface area contributed by atoms with E-state index in [1.807, 2.05) is 50.5 Å². The molecule has 9 atom stereocenters. The molecule has 0 radical (unpaired) electrons. The van der Waals surface area contributed by atoms with Crippen LogP contribution in [0.15, 0.2) is 43.0 Å². The molecule has 286 valence electrons. The quantitative estimate of drug-likeness (QED) is 0.194. The number of nitrogens with zero attached hydrogens (tertiary/aromatic N) is 2. The van der Waals surface area contributed by atoms with E-state index in [1.165, 1.54) is 6.42 Å². The molecule has 1 heterocycles. The highest BCUT2D eigenvalue weighted by Gasteiger charge is 2.57. The number of carbonyl (C=O) groups excluding carboxylic acids is 2. The number of methoxy groups -OCH3 is 1. The minimum atomic E-state index is -0.897. The third-order valence-corrected chi connectivity index (χ3v) is 12.1. The molecular weight excluding hydrogens is 656 g/mol. The van der Waals surface area contributed by atoms with Crippen LogP contribution in [-0.4, -0.2) is 96.7 Å². The lowest BCUT2D eigenvalue weighted by Gasteiger charge is -2.62. The van der Waals surface area contributed by atoms with E-state index >= 15 is 0 Å². The number of likely N-dealkylation sites (N-methyl/N-ethyl adjacent to an activating group) is 1. The molecule has 4 fully saturated rings. The number of ether oxygens (including phenoxy) is 1. The summed E-state index contributed by atoms with van der Waals surface area (Å²) >= 11 is 0. The molecule has 3 saturated carbocycles. The predicted molar refractivity (Wildman–Crippen MR) is 205 cm³/mol. The second kappa shape index (κ2) is 16.4. The average Bonchev–Trinajstić information content (AvgIpc) is 3.46. The van der Waals surface area contributed by atoms with Crippen LogP contribution in [0.5, 0.6) is 5.75 Å². The summed E-state index contributed by atoms with van der Waals surface area (Å²) in [6.07, 6.45) is 3.07. The third-order valence-electron chi connectivity index (χ3n) is 12.1. The van der Waals surface area contributed by atoms with Crippen LogP contribution in [-0.2, 0) is 16.2 Å². The van der Waals surface area contributed by atoms with Crippen LogP contribution in [0.3, 0.4) is 0 Å². The van der Waals surface area contributed by atoms with Crippen molar-refractivity contribution in [3.63, 3.8) is 0 Å². The highest BCUT2D eigenvalue weighted by atomic mass is 16.7. The number of fused-ring (bicyclic) bond motifs is 2. The first-order valence-electron chi connectivity index (χ1n) is 19.0. The van der Waals surface area contributed by atoms with Gasteiger partial charge >= 0.3 is 0 Å². The number of aliphatic hydroxyl groups excluding tert-OH is 2. The zero-order valence-corrected chi connectivity index (χ0v) is 32.7. The van der Waals surface area contributed by atoms with Crippen LogP contribution in [0.2, 0.25) is 0 Å². The SMILES string of the molecule is C=Cc1cc(C(=O)N[C@@H](CC(C)C)CN(C)C)cc(-c2cccc(CN3O[C@@H](CO)[C@@H]([C@H](C)O)[C@H]3C(=O)N[C@H]3C[C@H]4C[C@@H]([C@@H]3C)C4(C)C)c2OC)c1. The zero-order valence-electron chi connectivity index (χ0n) is 32.7. The Morgan fingerprint density at radius 1 is 1.17 bits per heavy atom. The molecular formula is C42H62N4O6. The van der Waals surface area contributed by atoms with E-state index < -0.39 is 24.2 Å². The lowest BCUT2D eigenvalue weighted by Crippen LogP contribution is -2.62. The maximum atomic E-state index is 14.2. The normalized spacial score (nSPS) is 27.9. The Kier molecular flexibility index (Phi) is 12.6. The van der Waals surface area contributed by atoms with Gasteiger partial charge in [0.1, 0.15) is 17.9 Å². The molecule has 2 aromatic rings. The summed E-state index contributed by atoms with van der Waals surface area (Å²) in [5.41, 5.74) is 3.92. The second-order valence-corrected chi connectivity index (χ2v) is 16.8. The predicted octanol–water partition coefficient (Wildman–Crippen LogP) is 5.37. The van der Waals surface area contributed by atoms with E-state index in [4.69, 9.17) is 9.57 Å². The number of para-hydroxylation sites is 1. The summed E-state index contributed by atoms with van der Waals surface area (Å²) in [5.74, 6) is 1.48. The Balaban J connectivity index is 1.43. The van der Waals surface area contributed by atoms with E-state index in [9.17, 15) is 19.8 Å². The smallest absolute Gasteiger partial charge is 0.251 e. The van der Waals surface area contributed by atoms with Crippen LogP contribution in [0, 0.1) is 35.0 Å². The van der Waals surface area contributed by atoms with Gasteiger partial charge in [-0.2, -0.15) is 5.06 Å². The second-order valence-electron chi connectivity index (χ2n) is 16.8. The fourth-order valence-electron chi connectivity index (χ4n) is 9.34. The third kappa shape index (κ3) is 8.26. The Morgan fingerprint density at radius 2 is 1.90 bits per heavy atom. The molecule has 2 aromatic carbocycles. The largest absolute Gasteiger partial charge is 0.496 e. The van der Waals surface area contributed by atoms with E-state index in [0.29, 0.717) is 35.0 Å². The van der Waals surface area contributed by atoms with Crippen molar-refractivity contribution in [1.29, 1.82) is 0 Å². The number of rotatable bonds is 15. The van der Waals surface area contributed by atoms with Crippen molar-refractivity contribution in [2.24, 2.45) is 35.0 Å². The Labute approximate surface area is 310 Å². The van der Waals surface area contributed by atoms with Gasteiger partial charge in [-0.25, -0.2) is 0 Å². The average molecular weight is 719 g/mol. The first-order valence-corrected chi connectivity index (χ1v) is 19.0. The number of hydrogen-bond acceptors (Lipinski definition) is 8. The highest BCUT2D eigenvalue weighted by Crippen LogP contribution is 2.61. The number of hydroxylamine groups is 2. The molecule has 4 N–H and O–H groups in total. The number of hydrogen-bond donors (Lipinski definition) is 4. The van der Waals surface area contributed by atoms with Crippen LogP contribution in [0.1, 0.15) is 82.3 Å².